The molecule has 5 heteroatoms. The molecule has 0 amide bonds. The number of Topliss-reactive ketones (excluding diaryl/α,β-unsaturated/α-hetero) is 1. The molecule has 0 atom stereocenters. The van der Waals surface area contributed by atoms with Crippen LogP contribution in [0.25, 0.3) is 0 Å². The van der Waals surface area contributed by atoms with E-state index in [-0.39, 0.29) is 12.8 Å². The zero-order valence-corrected chi connectivity index (χ0v) is 7.23. The topological polar surface area (TPSA) is 88.5 Å². The van der Waals surface area contributed by atoms with Gasteiger partial charge in [-0.1, -0.05) is 0 Å². The summed E-state index contributed by atoms with van der Waals surface area (Å²) >= 11 is 0. The summed E-state index contributed by atoms with van der Waals surface area (Å²) in [5.74, 6) is -4.12. The maximum absolute atomic E-state index is 11.2. The van der Waals surface area contributed by atoms with Gasteiger partial charge in [-0.3, -0.25) is 19.2 Å². The van der Waals surface area contributed by atoms with Crippen molar-refractivity contribution >= 4 is 23.3 Å². The van der Waals surface area contributed by atoms with Gasteiger partial charge in [-0.25, -0.2) is 0 Å². The Morgan fingerprint density at radius 1 is 1.14 bits per heavy atom. The van der Waals surface area contributed by atoms with Crippen LogP contribution in [0.15, 0.2) is 12.2 Å². The zero-order chi connectivity index (χ0) is 10.7. The van der Waals surface area contributed by atoms with Gasteiger partial charge in [0.2, 0.25) is 0 Å². The minimum Gasteiger partial charge on any atom is -0.481 e. The van der Waals surface area contributed by atoms with E-state index in [0.717, 1.165) is 12.2 Å². The standard InChI is InChI=1S/C9H8O5/c10-5-1-2-6(11)9(5)7(12)3-4-8(13)14/h1-2,9H,3-4H2,(H,13,14). The monoisotopic (exact) mass is 196 g/mol. The van der Waals surface area contributed by atoms with Crippen molar-refractivity contribution in [1.29, 1.82) is 0 Å². The second kappa shape index (κ2) is 3.95. The summed E-state index contributed by atoms with van der Waals surface area (Å²) < 4.78 is 0. The van der Waals surface area contributed by atoms with E-state index in [4.69, 9.17) is 5.11 Å². The number of allylic oxidation sites excluding steroid dienone is 2. The average Bonchev–Trinajstić information content (AvgIpc) is 2.42. The van der Waals surface area contributed by atoms with Crippen LogP contribution in [0.2, 0.25) is 0 Å². The molecule has 0 aliphatic heterocycles. The van der Waals surface area contributed by atoms with Crippen LogP contribution in [0.3, 0.4) is 0 Å². The molecule has 0 fully saturated rings. The third-order valence-electron chi connectivity index (χ3n) is 1.89. The second-order valence-electron chi connectivity index (χ2n) is 2.93. The average molecular weight is 196 g/mol. The van der Waals surface area contributed by atoms with E-state index in [1.807, 2.05) is 0 Å². The second-order valence-corrected chi connectivity index (χ2v) is 2.93. The third-order valence-corrected chi connectivity index (χ3v) is 1.89. The number of carbonyl (C=O) groups is 4. The van der Waals surface area contributed by atoms with Gasteiger partial charge in [-0.2, -0.15) is 0 Å². The molecule has 0 saturated heterocycles. The number of rotatable bonds is 4. The molecule has 0 spiro atoms. The highest BCUT2D eigenvalue weighted by molar-refractivity contribution is 6.30. The Balaban J connectivity index is 2.57. The zero-order valence-electron chi connectivity index (χ0n) is 7.23. The van der Waals surface area contributed by atoms with Crippen LogP contribution >= 0.6 is 0 Å². The molecule has 14 heavy (non-hydrogen) atoms. The third kappa shape index (κ3) is 2.12. The summed E-state index contributed by atoms with van der Waals surface area (Å²) in [5, 5.41) is 8.30. The predicted molar refractivity (Wildman–Crippen MR) is 44.5 cm³/mol. The Morgan fingerprint density at radius 2 is 1.64 bits per heavy atom. The number of carbonyl (C=O) groups excluding carboxylic acids is 3. The fourth-order valence-electron chi connectivity index (χ4n) is 1.19. The highest BCUT2D eigenvalue weighted by Crippen LogP contribution is 2.14. The van der Waals surface area contributed by atoms with Crippen molar-refractivity contribution < 1.29 is 24.3 Å². The Kier molecular flexibility index (Phi) is 2.91. The molecule has 5 nitrogen and oxygen atoms in total. The van der Waals surface area contributed by atoms with Crippen molar-refractivity contribution in [3.8, 4) is 0 Å². The molecule has 0 unspecified atom stereocenters. The minimum atomic E-state index is -1.28. The lowest BCUT2D eigenvalue weighted by atomic mass is 9.96. The van der Waals surface area contributed by atoms with E-state index >= 15 is 0 Å². The summed E-state index contributed by atoms with van der Waals surface area (Å²) in [6.45, 7) is 0. The van der Waals surface area contributed by atoms with Gasteiger partial charge >= 0.3 is 5.97 Å². The normalized spacial score (nSPS) is 16.3. The van der Waals surface area contributed by atoms with Crippen LogP contribution in [-0.4, -0.2) is 28.4 Å². The fourth-order valence-corrected chi connectivity index (χ4v) is 1.19. The van der Waals surface area contributed by atoms with Crippen molar-refractivity contribution in [1.82, 2.24) is 0 Å². The van der Waals surface area contributed by atoms with Crippen molar-refractivity contribution in [2.24, 2.45) is 5.92 Å². The first kappa shape index (κ1) is 10.3. The Bertz CT molecular complexity index is 321. The van der Waals surface area contributed by atoms with Crippen LogP contribution in [0.1, 0.15) is 12.8 Å². The van der Waals surface area contributed by atoms with Crippen molar-refractivity contribution in [2.75, 3.05) is 0 Å². The maximum atomic E-state index is 11.2. The molecule has 0 aromatic rings. The number of aliphatic carboxylic acids is 1. The van der Waals surface area contributed by atoms with Gasteiger partial charge in [0, 0.05) is 6.42 Å². The summed E-state index contributed by atoms with van der Waals surface area (Å²) in [6.07, 6.45) is 1.46. The largest absolute Gasteiger partial charge is 0.481 e. The van der Waals surface area contributed by atoms with E-state index in [1.165, 1.54) is 0 Å². The van der Waals surface area contributed by atoms with E-state index in [1.54, 1.807) is 0 Å². The summed E-state index contributed by atoms with van der Waals surface area (Å²) in [7, 11) is 0. The van der Waals surface area contributed by atoms with Crippen LogP contribution in [0.5, 0.6) is 0 Å². The van der Waals surface area contributed by atoms with Gasteiger partial charge < -0.3 is 5.11 Å². The summed E-state index contributed by atoms with van der Waals surface area (Å²) in [4.78, 5) is 43.4. The summed E-state index contributed by atoms with van der Waals surface area (Å²) in [5.41, 5.74) is 0. The molecule has 1 aliphatic carbocycles. The SMILES string of the molecule is O=C(O)CCC(=O)C1C(=O)C=CC1=O. The lowest BCUT2D eigenvalue weighted by molar-refractivity contribution is -0.141. The Labute approximate surface area is 79.4 Å². The molecule has 0 bridgehead atoms. The first-order valence-corrected chi connectivity index (χ1v) is 4.02. The van der Waals surface area contributed by atoms with Gasteiger partial charge in [-0.15, -0.1) is 0 Å². The number of ketones is 3. The molecule has 0 aromatic heterocycles. The van der Waals surface area contributed by atoms with Gasteiger partial charge in [0.25, 0.3) is 0 Å². The lowest BCUT2D eigenvalue weighted by Gasteiger charge is -2.03. The quantitative estimate of drug-likeness (QED) is 0.626. The summed E-state index contributed by atoms with van der Waals surface area (Å²) in [6, 6.07) is 0. The molecular formula is C9H8O5. The van der Waals surface area contributed by atoms with Gasteiger partial charge in [0.15, 0.2) is 17.3 Å². The molecule has 1 aliphatic rings. The highest BCUT2D eigenvalue weighted by Gasteiger charge is 2.34. The Morgan fingerprint density at radius 3 is 2.07 bits per heavy atom. The first-order chi connectivity index (χ1) is 6.52. The molecule has 1 N–H and O–H groups in total. The molecule has 1 rings (SSSR count). The van der Waals surface area contributed by atoms with Gasteiger partial charge in [0.1, 0.15) is 5.92 Å². The van der Waals surface area contributed by atoms with Crippen LogP contribution in [0, 0.1) is 5.92 Å². The fraction of sp³-hybridized carbons (Fsp3) is 0.333. The predicted octanol–water partition coefficient (Wildman–Crippen LogP) is -0.256. The van der Waals surface area contributed by atoms with Crippen LogP contribution in [0.4, 0.5) is 0 Å². The van der Waals surface area contributed by atoms with Crippen molar-refractivity contribution in [3.05, 3.63) is 12.2 Å². The van der Waals surface area contributed by atoms with E-state index in [0.29, 0.717) is 0 Å². The number of hydrogen-bond acceptors (Lipinski definition) is 4. The molecule has 0 heterocycles. The Hall–Kier alpha value is -1.78. The molecule has 0 aromatic carbocycles. The van der Waals surface area contributed by atoms with Crippen LogP contribution in [-0.2, 0) is 19.2 Å². The number of hydrogen-bond donors (Lipinski definition) is 1. The smallest absolute Gasteiger partial charge is 0.303 e. The number of carboxylic acids is 1. The van der Waals surface area contributed by atoms with E-state index < -0.39 is 29.2 Å². The molecule has 0 saturated carbocycles. The minimum absolute atomic E-state index is 0.279. The van der Waals surface area contributed by atoms with Gasteiger partial charge in [0.05, 0.1) is 6.42 Å². The maximum Gasteiger partial charge on any atom is 0.303 e. The van der Waals surface area contributed by atoms with Crippen LogP contribution < -0.4 is 0 Å². The van der Waals surface area contributed by atoms with Crippen molar-refractivity contribution in [3.63, 3.8) is 0 Å². The van der Waals surface area contributed by atoms with E-state index in [2.05, 4.69) is 0 Å². The lowest BCUT2D eigenvalue weighted by Crippen LogP contribution is -2.26. The van der Waals surface area contributed by atoms with Gasteiger partial charge in [-0.05, 0) is 12.2 Å². The molecule has 0 radical (unpaired) electrons. The molecule has 74 valence electrons. The number of carboxylic acid groups (broad SMARTS) is 1. The highest BCUT2D eigenvalue weighted by atomic mass is 16.4. The van der Waals surface area contributed by atoms with Crippen molar-refractivity contribution in [2.45, 2.75) is 12.8 Å². The van der Waals surface area contributed by atoms with E-state index in [9.17, 15) is 19.2 Å². The first-order valence-electron chi connectivity index (χ1n) is 4.02. The molecular weight excluding hydrogens is 188 g/mol.